The largest absolute Gasteiger partial charge is 0.396 e. The summed E-state index contributed by atoms with van der Waals surface area (Å²) >= 11 is 1.26. The molecule has 1 aromatic carbocycles. The minimum absolute atomic E-state index is 0.0140. The topological polar surface area (TPSA) is 66.4 Å². The number of benzene rings is 1. The van der Waals surface area contributed by atoms with Crippen LogP contribution in [0.4, 0.5) is 0 Å². The number of hydrogen-bond acceptors (Lipinski definition) is 4. The SMILES string of the molecule is CC(=O)c1csc(C(=O)NCC(c2ccccc2)C(C)(C)CO)c1. The van der Waals surface area contributed by atoms with Crippen molar-refractivity contribution in [1.82, 2.24) is 5.32 Å². The molecule has 2 N–H and O–H groups in total. The van der Waals surface area contributed by atoms with Crippen LogP contribution in [-0.4, -0.2) is 29.9 Å². The van der Waals surface area contributed by atoms with Crippen LogP contribution in [0.25, 0.3) is 0 Å². The maximum atomic E-state index is 12.4. The molecule has 0 aliphatic heterocycles. The van der Waals surface area contributed by atoms with Crippen LogP contribution >= 0.6 is 11.3 Å². The second-order valence-electron chi connectivity index (χ2n) is 6.58. The summed E-state index contributed by atoms with van der Waals surface area (Å²) in [6.07, 6.45) is 0. The average Bonchev–Trinajstić information content (AvgIpc) is 3.06. The number of carbonyl (C=O) groups excluding carboxylic acids is 2. The number of ketones is 1. The maximum absolute atomic E-state index is 12.4. The molecule has 4 nitrogen and oxygen atoms in total. The Morgan fingerprint density at radius 2 is 1.92 bits per heavy atom. The van der Waals surface area contributed by atoms with Gasteiger partial charge < -0.3 is 10.4 Å². The fourth-order valence-corrected chi connectivity index (χ4v) is 3.42. The zero-order valence-electron chi connectivity index (χ0n) is 14.2. The van der Waals surface area contributed by atoms with Gasteiger partial charge in [-0.1, -0.05) is 44.2 Å². The molecule has 1 heterocycles. The van der Waals surface area contributed by atoms with Crippen molar-refractivity contribution in [3.05, 3.63) is 57.8 Å². The van der Waals surface area contributed by atoms with Crippen LogP contribution in [0.2, 0.25) is 0 Å². The standard InChI is InChI=1S/C19H23NO3S/c1-13(22)15-9-17(24-11-15)18(23)20-10-16(19(2,3)12-21)14-7-5-4-6-8-14/h4-9,11,16,21H,10,12H2,1-3H3,(H,20,23). The third-order valence-corrected chi connectivity index (χ3v) is 5.18. The van der Waals surface area contributed by atoms with Gasteiger partial charge in [0.15, 0.2) is 5.78 Å². The van der Waals surface area contributed by atoms with E-state index in [9.17, 15) is 14.7 Å². The summed E-state index contributed by atoms with van der Waals surface area (Å²) in [5.41, 5.74) is 1.27. The Balaban J connectivity index is 2.12. The van der Waals surface area contributed by atoms with Gasteiger partial charge in [-0.05, 0) is 24.0 Å². The normalized spacial score (nSPS) is 12.7. The number of Topliss-reactive ketones (excluding diaryl/α,β-unsaturated/α-hetero) is 1. The lowest BCUT2D eigenvalue weighted by atomic mass is 9.75. The number of rotatable bonds is 7. The van der Waals surface area contributed by atoms with Gasteiger partial charge in [0, 0.05) is 30.0 Å². The quantitative estimate of drug-likeness (QED) is 0.755. The summed E-state index contributed by atoms with van der Waals surface area (Å²) < 4.78 is 0. The van der Waals surface area contributed by atoms with E-state index in [-0.39, 0.29) is 29.6 Å². The Morgan fingerprint density at radius 3 is 2.46 bits per heavy atom. The van der Waals surface area contributed by atoms with Crippen LogP contribution in [0.3, 0.4) is 0 Å². The van der Waals surface area contributed by atoms with E-state index in [1.807, 2.05) is 44.2 Å². The average molecular weight is 345 g/mol. The van der Waals surface area contributed by atoms with E-state index < -0.39 is 0 Å². The zero-order chi connectivity index (χ0) is 17.7. The molecule has 0 spiro atoms. The third-order valence-electron chi connectivity index (χ3n) is 4.25. The minimum Gasteiger partial charge on any atom is -0.396 e. The molecule has 24 heavy (non-hydrogen) atoms. The first-order valence-electron chi connectivity index (χ1n) is 7.88. The number of carbonyl (C=O) groups is 2. The summed E-state index contributed by atoms with van der Waals surface area (Å²) in [5.74, 6) is -0.254. The predicted octanol–water partition coefficient (Wildman–Crippen LogP) is 3.48. The minimum atomic E-state index is -0.366. The summed E-state index contributed by atoms with van der Waals surface area (Å²) in [6.45, 7) is 5.89. The fraction of sp³-hybridized carbons (Fsp3) is 0.368. The van der Waals surface area contributed by atoms with Crippen molar-refractivity contribution in [1.29, 1.82) is 0 Å². The van der Waals surface area contributed by atoms with Crippen LogP contribution in [0, 0.1) is 5.41 Å². The molecule has 0 fully saturated rings. The summed E-state index contributed by atoms with van der Waals surface area (Å²) in [5, 5.41) is 14.4. The molecule has 0 bridgehead atoms. The lowest BCUT2D eigenvalue weighted by Crippen LogP contribution is -2.36. The van der Waals surface area contributed by atoms with E-state index in [0.29, 0.717) is 17.0 Å². The van der Waals surface area contributed by atoms with Crippen LogP contribution < -0.4 is 5.32 Å². The van der Waals surface area contributed by atoms with E-state index in [4.69, 9.17) is 0 Å². The number of hydrogen-bond donors (Lipinski definition) is 2. The Hall–Kier alpha value is -1.98. The molecule has 0 radical (unpaired) electrons. The van der Waals surface area contributed by atoms with Crippen molar-refractivity contribution in [3.8, 4) is 0 Å². The number of amides is 1. The molecule has 1 aromatic heterocycles. The number of thiophene rings is 1. The first-order valence-corrected chi connectivity index (χ1v) is 8.76. The highest BCUT2D eigenvalue weighted by molar-refractivity contribution is 7.12. The van der Waals surface area contributed by atoms with Gasteiger partial charge in [-0.3, -0.25) is 9.59 Å². The van der Waals surface area contributed by atoms with E-state index in [1.54, 1.807) is 11.4 Å². The highest BCUT2D eigenvalue weighted by Crippen LogP contribution is 2.34. The van der Waals surface area contributed by atoms with Crippen LogP contribution in [0.5, 0.6) is 0 Å². The van der Waals surface area contributed by atoms with Crippen molar-refractivity contribution in [2.75, 3.05) is 13.2 Å². The van der Waals surface area contributed by atoms with E-state index in [2.05, 4.69) is 5.32 Å². The second kappa shape index (κ2) is 7.73. The molecule has 2 aromatic rings. The van der Waals surface area contributed by atoms with Gasteiger partial charge >= 0.3 is 0 Å². The molecule has 1 atom stereocenters. The first kappa shape index (κ1) is 18.4. The van der Waals surface area contributed by atoms with Crippen LogP contribution in [-0.2, 0) is 0 Å². The maximum Gasteiger partial charge on any atom is 0.261 e. The zero-order valence-corrected chi connectivity index (χ0v) is 15.0. The van der Waals surface area contributed by atoms with Crippen molar-refractivity contribution in [2.24, 2.45) is 5.41 Å². The number of aliphatic hydroxyl groups is 1. The second-order valence-corrected chi connectivity index (χ2v) is 7.49. The number of aliphatic hydroxyl groups excluding tert-OH is 1. The third kappa shape index (κ3) is 4.30. The van der Waals surface area contributed by atoms with Crippen molar-refractivity contribution < 1.29 is 14.7 Å². The Labute approximate surface area is 146 Å². The summed E-state index contributed by atoms with van der Waals surface area (Å²) in [4.78, 5) is 24.2. The molecule has 0 saturated heterocycles. The molecule has 1 unspecified atom stereocenters. The lowest BCUT2D eigenvalue weighted by Gasteiger charge is -2.33. The van der Waals surface area contributed by atoms with E-state index in [0.717, 1.165) is 5.56 Å². The molecular weight excluding hydrogens is 322 g/mol. The molecule has 0 aliphatic carbocycles. The van der Waals surface area contributed by atoms with Crippen molar-refractivity contribution >= 4 is 23.0 Å². The summed E-state index contributed by atoms with van der Waals surface area (Å²) in [7, 11) is 0. The van der Waals surface area contributed by atoms with Crippen molar-refractivity contribution in [3.63, 3.8) is 0 Å². The van der Waals surface area contributed by atoms with Gasteiger partial charge in [-0.15, -0.1) is 11.3 Å². The Morgan fingerprint density at radius 1 is 1.25 bits per heavy atom. The van der Waals surface area contributed by atoms with Gasteiger partial charge in [0.05, 0.1) is 4.88 Å². The van der Waals surface area contributed by atoms with Crippen LogP contribution in [0.1, 0.15) is 52.3 Å². The Kier molecular flexibility index (Phi) is 5.91. The van der Waals surface area contributed by atoms with Gasteiger partial charge in [0.1, 0.15) is 0 Å². The molecule has 5 heteroatoms. The van der Waals surface area contributed by atoms with E-state index in [1.165, 1.54) is 18.3 Å². The van der Waals surface area contributed by atoms with Gasteiger partial charge in [-0.25, -0.2) is 0 Å². The van der Waals surface area contributed by atoms with Crippen LogP contribution in [0.15, 0.2) is 41.8 Å². The van der Waals surface area contributed by atoms with Crippen molar-refractivity contribution in [2.45, 2.75) is 26.7 Å². The smallest absolute Gasteiger partial charge is 0.261 e. The highest BCUT2D eigenvalue weighted by Gasteiger charge is 2.30. The number of nitrogens with one attached hydrogen (secondary N) is 1. The van der Waals surface area contributed by atoms with Gasteiger partial charge in [0.2, 0.25) is 0 Å². The molecular formula is C19H23NO3S. The molecule has 0 saturated carbocycles. The first-order chi connectivity index (χ1) is 11.3. The van der Waals surface area contributed by atoms with Gasteiger partial charge in [0.25, 0.3) is 5.91 Å². The summed E-state index contributed by atoms with van der Waals surface area (Å²) in [6, 6.07) is 11.5. The predicted molar refractivity (Wildman–Crippen MR) is 96.7 cm³/mol. The van der Waals surface area contributed by atoms with Gasteiger partial charge in [-0.2, -0.15) is 0 Å². The lowest BCUT2D eigenvalue weighted by molar-refractivity contribution is 0.0924. The molecule has 128 valence electrons. The molecule has 1 amide bonds. The molecule has 2 rings (SSSR count). The fourth-order valence-electron chi connectivity index (χ4n) is 2.56. The van der Waals surface area contributed by atoms with E-state index >= 15 is 0 Å². The molecule has 0 aliphatic rings. The Bertz CT molecular complexity index is 706. The highest BCUT2D eigenvalue weighted by atomic mass is 32.1. The monoisotopic (exact) mass is 345 g/mol.